The number of rotatable bonds is 6. The van der Waals surface area contributed by atoms with Gasteiger partial charge in [0.25, 0.3) is 0 Å². The largest absolute Gasteiger partial charge is 0.445 e. The van der Waals surface area contributed by atoms with E-state index in [1.54, 1.807) is 11.9 Å². The molecule has 1 unspecified atom stereocenters. The minimum absolute atomic E-state index is 0.0570. The van der Waals surface area contributed by atoms with Crippen molar-refractivity contribution in [3.05, 3.63) is 24.8 Å². The number of amides is 1. The lowest BCUT2D eigenvalue weighted by atomic mass is 10.1. The summed E-state index contributed by atoms with van der Waals surface area (Å²) in [6.45, 7) is 15.0. The molecule has 0 bridgehead atoms. The second-order valence-electron chi connectivity index (χ2n) is 8.51. The van der Waals surface area contributed by atoms with Crippen LogP contribution < -0.4 is 0 Å². The van der Waals surface area contributed by atoms with Gasteiger partial charge in [0.2, 0.25) is 0 Å². The Morgan fingerprint density at radius 1 is 1.52 bits per heavy atom. The highest BCUT2D eigenvalue weighted by Crippen LogP contribution is 2.40. The molecular weight excluding hydrogens is 364 g/mol. The van der Waals surface area contributed by atoms with Crippen molar-refractivity contribution in [1.29, 1.82) is 0 Å². The second-order valence-corrected chi connectivity index (χ2v) is 13.3. The number of carbonyl (C=O) groups excluding carboxylic acids is 1. The number of aromatic nitrogens is 3. The van der Waals surface area contributed by atoms with E-state index in [0.29, 0.717) is 18.8 Å². The van der Waals surface area contributed by atoms with Crippen molar-refractivity contribution in [3.63, 3.8) is 0 Å². The van der Waals surface area contributed by atoms with Crippen LogP contribution in [0.3, 0.4) is 0 Å². The van der Waals surface area contributed by atoms with Crippen molar-refractivity contribution >= 4 is 14.4 Å². The van der Waals surface area contributed by atoms with Gasteiger partial charge in [0, 0.05) is 13.6 Å². The Balaban J connectivity index is 2.22. The van der Waals surface area contributed by atoms with Crippen LogP contribution >= 0.6 is 0 Å². The van der Waals surface area contributed by atoms with Gasteiger partial charge in [0.15, 0.2) is 14.1 Å². The van der Waals surface area contributed by atoms with Gasteiger partial charge in [-0.05, 0) is 24.6 Å². The minimum Gasteiger partial charge on any atom is -0.445 e. The van der Waals surface area contributed by atoms with Gasteiger partial charge in [-0.1, -0.05) is 33.4 Å². The summed E-state index contributed by atoms with van der Waals surface area (Å²) in [5.74, 6) is 0.412. The summed E-state index contributed by atoms with van der Waals surface area (Å²) in [6, 6.07) is -0.486. The molecule has 152 valence electrons. The molecular formula is C18H32N4O4Si. The van der Waals surface area contributed by atoms with Crippen molar-refractivity contribution in [2.45, 2.75) is 63.6 Å². The summed E-state index contributed by atoms with van der Waals surface area (Å²) < 4.78 is 13.2. The Bertz CT molecular complexity index is 671. The summed E-state index contributed by atoms with van der Waals surface area (Å²) in [5, 5.41) is 14.9. The molecule has 2 rings (SSSR count). The first-order valence-corrected chi connectivity index (χ1v) is 12.1. The number of nitrogens with zero attached hydrogens (tertiary/aromatic N) is 4. The van der Waals surface area contributed by atoms with E-state index in [9.17, 15) is 9.90 Å². The highest BCUT2D eigenvalue weighted by Gasteiger charge is 2.46. The van der Waals surface area contributed by atoms with Crippen molar-refractivity contribution in [1.82, 2.24) is 19.7 Å². The lowest BCUT2D eigenvalue weighted by molar-refractivity contribution is 0.0492. The number of hydrogen-bond acceptors (Lipinski definition) is 6. The smallest absolute Gasteiger partial charge is 0.410 e. The van der Waals surface area contributed by atoms with Gasteiger partial charge in [-0.3, -0.25) is 9.58 Å². The van der Waals surface area contributed by atoms with Crippen LogP contribution in [0.1, 0.15) is 39.1 Å². The molecule has 1 saturated heterocycles. The van der Waals surface area contributed by atoms with E-state index in [2.05, 4.69) is 50.5 Å². The van der Waals surface area contributed by atoms with Gasteiger partial charge in [-0.15, -0.1) is 0 Å². The predicted molar refractivity (Wildman–Crippen MR) is 105 cm³/mol. The SMILES string of the molecule is C=CCOC(=O)N1C[C@H](O[Si](C)(C)C(C)(C)C)C[C@H]1C(O)c1ncnn1C. The van der Waals surface area contributed by atoms with Gasteiger partial charge in [-0.2, -0.15) is 5.10 Å². The van der Waals surface area contributed by atoms with Crippen molar-refractivity contribution < 1.29 is 19.1 Å². The van der Waals surface area contributed by atoms with Crippen LogP contribution in [-0.2, 0) is 16.2 Å². The Hall–Kier alpha value is -1.71. The Kier molecular flexibility index (Phi) is 6.49. The molecule has 9 heteroatoms. The molecule has 3 atom stereocenters. The molecule has 1 aromatic rings. The lowest BCUT2D eigenvalue weighted by Crippen LogP contribution is -2.45. The van der Waals surface area contributed by atoms with Crippen LogP contribution in [0.2, 0.25) is 18.1 Å². The zero-order chi connectivity index (χ0) is 20.4. The Morgan fingerprint density at radius 2 is 2.19 bits per heavy atom. The van der Waals surface area contributed by atoms with Crippen LogP contribution in [0.4, 0.5) is 4.79 Å². The fourth-order valence-electron chi connectivity index (χ4n) is 2.97. The number of carbonyl (C=O) groups is 1. The summed E-state index contributed by atoms with van der Waals surface area (Å²) in [7, 11) is -0.298. The van der Waals surface area contributed by atoms with Crippen LogP contribution in [0.5, 0.6) is 0 Å². The van der Waals surface area contributed by atoms with E-state index in [4.69, 9.17) is 9.16 Å². The maximum atomic E-state index is 12.5. The van der Waals surface area contributed by atoms with Crippen molar-refractivity contribution in [2.75, 3.05) is 13.2 Å². The van der Waals surface area contributed by atoms with Crippen molar-refractivity contribution in [3.8, 4) is 0 Å². The maximum absolute atomic E-state index is 12.5. The summed E-state index contributed by atoms with van der Waals surface area (Å²) in [5.41, 5.74) is 0. The second kappa shape index (κ2) is 8.11. The average Bonchev–Trinajstić information content (AvgIpc) is 3.17. The Morgan fingerprint density at radius 3 is 2.70 bits per heavy atom. The first-order chi connectivity index (χ1) is 12.5. The molecule has 0 saturated carbocycles. The summed E-state index contributed by atoms with van der Waals surface area (Å²) >= 11 is 0. The fourth-order valence-corrected chi connectivity index (χ4v) is 4.33. The molecule has 1 aliphatic heterocycles. The van der Waals surface area contributed by atoms with E-state index >= 15 is 0 Å². The molecule has 8 nitrogen and oxygen atoms in total. The number of aliphatic hydroxyl groups excluding tert-OH is 1. The molecule has 27 heavy (non-hydrogen) atoms. The van der Waals surface area contributed by atoms with E-state index in [1.807, 2.05) is 0 Å². The molecule has 0 aromatic carbocycles. The van der Waals surface area contributed by atoms with E-state index < -0.39 is 26.6 Å². The third-order valence-corrected chi connectivity index (χ3v) is 10.0. The summed E-state index contributed by atoms with van der Waals surface area (Å²) in [6.07, 6.45) is 1.81. The number of aliphatic hydroxyl groups is 1. The number of aryl methyl sites for hydroxylation is 1. The number of hydrogen-bond donors (Lipinski definition) is 1. The Labute approximate surface area is 162 Å². The van der Waals surface area contributed by atoms with E-state index in [0.717, 1.165) is 0 Å². The predicted octanol–water partition coefficient (Wildman–Crippen LogP) is 2.64. The molecule has 1 fully saturated rings. The minimum atomic E-state index is -2.01. The molecule has 0 spiro atoms. The standard InChI is InChI=1S/C18H32N4O4Si/c1-8-9-25-17(24)22-11-13(26-27(6,7)18(2,3)4)10-14(22)15(23)16-19-12-20-21(16)5/h8,12-15,23H,1,9-11H2,2-7H3/t13-,14+,15?/m1/s1. The molecule has 1 N–H and O–H groups in total. The number of likely N-dealkylation sites (tertiary alicyclic amines) is 1. The molecule has 1 amide bonds. The quantitative estimate of drug-likeness (QED) is 0.587. The van der Waals surface area contributed by atoms with Crippen LogP contribution in [0, 0.1) is 0 Å². The molecule has 2 heterocycles. The normalized spacial score (nSPS) is 22.0. The molecule has 1 aliphatic rings. The average molecular weight is 397 g/mol. The van der Waals surface area contributed by atoms with Gasteiger partial charge < -0.3 is 14.3 Å². The van der Waals surface area contributed by atoms with Crippen LogP contribution in [-0.4, -0.2) is 64.5 Å². The third-order valence-electron chi connectivity index (χ3n) is 5.51. The van der Waals surface area contributed by atoms with E-state index in [-0.39, 0.29) is 17.7 Å². The molecule has 0 radical (unpaired) electrons. The third kappa shape index (κ3) is 4.77. The van der Waals surface area contributed by atoms with Crippen LogP contribution in [0.25, 0.3) is 0 Å². The first kappa shape index (κ1) is 21.6. The summed E-state index contributed by atoms with van der Waals surface area (Å²) in [4.78, 5) is 18.2. The first-order valence-electron chi connectivity index (χ1n) is 9.22. The van der Waals surface area contributed by atoms with Gasteiger partial charge in [-0.25, -0.2) is 9.78 Å². The monoisotopic (exact) mass is 396 g/mol. The van der Waals surface area contributed by atoms with Gasteiger partial charge >= 0.3 is 6.09 Å². The van der Waals surface area contributed by atoms with Gasteiger partial charge in [0.05, 0.1) is 12.1 Å². The zero-order valence-corrected chi connectivity index (χ0v) is 18.2. The lowest BCUT2D eigenvalue weighted by Gasteiger charge is -2.38. The molecule has 1 aromatic heterocycles. The zero-order valence-electron chi connectivity index (χ0n) is 17.2. The molecule has 0 aliphatic carbocycles. The topological polar surface area (TPSA) is 89.7 Å². The number of ether oxygens (including phenoxy) is 1. The highest BCUT2D eigenvalue weighted by molar-refractivity contribution is 6.74. The van der Waals surface area contributed by atoms with E-state index in [1.165, 1.54) is 17.1 Å². The highest BCUT2D eigenvalue weighted by atomic mass is 28.4. The maximum Gasteiger partial charge on any atom is 0.410 e. The fraction of sp³-hybridized carbons (Fsp3) is 0.722. The van der Waals surface area contributed by atoms with Crippen molar-refractivity contribution in [2.24, 2.45) is 7.05 Å². The van der Waals surface area contributed by atoms with Gasteiger partial charge in [0.1, 0.15) is 19.0 Å². The van der Waals surface area contributed by atoms with Crippen LogP contribution in [0.15, 0.2) is 19.0 Å².